The molecular weight excluding hydrogens is 179 g/mol. The number of alkyl halides is 2. The van der Waals surface area contributed by atoms with Crippen molar-refractivity contribution in [2.45, 2.75) is 31.0 Å². The molecule has 2 heteroatoms. The van der Waals surface area contributed by atoms with E-state index in [2.05, 4.69) is 19.9 Å². The molecule has 64 valence electrons. The fourth-order valence-electron chi connectivity index (χ4n) is 1.33. The number of halogens is 2. The first-order valence-corrected chi connectivity index (χ1v) is 4.95. The van der Waals surface area contributed by atoms with Gasteiger partial charge in [0.15, 0.2) is 0 Å². The van der Waals surface area contributed by atoms with Crippen LogP contribution in [0.3, 0.4) is 0 Å². The standard InChI is InChI=1S/C9H14Cl2/c1-6(2)7-3-4-8(10)9(11)5-7/h3-4,6-9H,5H2,1-2H3. The second-order valence-corrected chi connectivity index (χ2v) is 4.55. The summed E-state index contributed by atoms with van der Waals surface area (Å²) >= 11 is 11.9. The zero-order chi connectivity index (χ0) is 8.43. The van der Waals surface area contributed by atoms with Crippen molar-refractivity contribution in [2.24, 2.45) is 11.8 Å². The molecule has 0 N–H and O–H groups in total. The van der Waals surface area contributed by atoms with Crippen LogP contribution in [0.4, 0.5) is 0 Å². The Morgan fingerprint density at radius 2 is 1.91 bits per heavy atom. The highest BCUT2D eigenvalue weighted by Crippen LogP contribution is 2.30. The van der Waals surface area contributed by atoms with Gasteiger partial charge in [0.25, 0.3) is 0 Å². The first kappa shape index (κ1) is 9.41. The molecule has 0 spiro atoms. The number of rotatable bonds is 1. The maximum atomic E-state index is 6.02. The van der Waals surface area contributed by atoms with Crippen molar-refractivity contribution >= 4 is 23.2 Å². The Morgan fingerprint density at radius 1 is 1.27 bits per heavy atom. The van der Waals surface area contributed by atoms with Crippen LogP contribution in [0.1, 0.15) is 20.3 Å². The van der Waals surface area contributed by atoms with Crippen LogP contribution < -0.4 is 0 Å². The molecule has 3 unspecified atom stereocenters. The van der Waals surface area contributed by atoms with Gasteiger partial charge < -0.3 is 0 Å². The van der Waals surface area contributed by atoms with Gasteiger partial charge in [0.05, 0.1) is 10.8 Å². The summed E-state index contributed by atoms with van der Waals surface area (Å²) in [5, 5.41) is 0.153. The minimum absolute atomic E-state index is 0.0340. The van der Waals surface area contributed by atoms with Gasteiger partial charge in [0.1, 0.15) is 0 Å². The zero-order valence-electron chi connectivity index (χ0n) is 6.93. The van der Waals surface area contributed by atoms with Crippen molar-refractivity contribution < 1.29 is 0 Å². The Morgan fingerprint density at radius 3 is 2.36 bits per heavy atom. The van der Waals surface area contributed by atoms with Crippen LogP contribution in [0.15, 0.2) is 12.2 Å². The quantitative estimate of drug-likeness (QED) is 0.442. The zero-order valence-corrected chi connectivity index (χ0v) is 8.44. The third-order valence-corrected chi connectivity index (χ3v) is 3.27. The van der Waals surface area contributed by atoms with Crippen LogP contribution in [-0.4, -0.2) is 10.8 Å². The average molecular weight is 193 g/mol. The lowest BCUT2D eigenvalue weighted by Gasteiger charge is -2.26. The van der Waals surface area contributed by atoms with E-state index < -0.39 is 0 Å². The lowest BCUT2D eigenvalue weighted by atomic mass is 9.86. The predicted molar refractivity (Wildman–Crippen MR) is 51.4 cm³/mol. The Labute approximate surface area is 78.6 Å². The first-order valence-electron chi connectivity index (χ1n) is 4.07. The van der Waals surface area contributed by atoms with Crippen LogP contribution in [0.5, 0.6) is 0 Å². The van der Waals surface area contributed by atoms with E-state index in [0.29, 0.717) is 11.8 Å². The number of hydrogen-bond donors (Lipinski definition) is 0. The third kappa shape index (κ3) is 2.38. The van der Waals surface area contributed by atoms with Crippen molar-refractivity contribution in [3.63, 3.8) is 0 Å². The lowest BCUT2D eigenvalue weighted by Crippen LogP contribution is -2.23. The SMILES string of the molecule is CC(C)C1C=CC(Cl)C(Cl)C1. The smallest absolute Gasteiger partial charge is 0.0680 e. The maximum absolute atomic E-state index is 6.02. The van der Waals surface area contributed by atoms with E-state index >= 15 is 0 Å². The number of hydrogen-bond acceptors (Lipinski definition) is 0. The monoisotopic (exact) mass is 192 g/mol. The molecule has 0 saturated carbocycles. The van der Waals surface area contributed by atoms with Gasteiger partial charge in [0.2, 0.25) is 0 Å². The molecule has 0 bridgehead atoms. The van der Waals surface area contributed by atoms with Gasteiger partial charge in [-0.15, -0.1) is 23.2 Å². The van der Waals surface area contributed by atoms with Gasteiger partial charge >= 0.3 is 0 Å². The van der Waals surface area contributed by atoms with Crippen LogP contribution in [0.2, 0.25) is 0 Å². The second-order valence-electron chi connectivity index (χ2n) is 3.49. The summed E-state index contributed by atoms with van der Waals surface area (Å²) in [5.41, 5.74) is 0. The molecule has 0 aromatic heterocycles. The molecule has 1 aliphatic rings. The molecule has 0 nitrogen and oxygen atoms in total. The molecule has 0 amide bonds. The molecule has 1 rings (SSSR count). The summed E-state index contributed by atoms with van der Waals surface area (Å²) in [7, 11) is 0. The summed E-state index contributed by atoms with van der Waals surface area (Å²) in [6, 6.07) is 0. The van der Waals surface area contributed by atoms with Crippen LogP contribution >= 0.6 is 23.2 Å². The van der Waals surface area contributed by atoms with Gasteiger partial charge in [-0.3, -0.25) is 0 Å². The van der Waals surface area contributed by atoms with Crippen molar-refractivity contribution in [1.82, 2.24) is 0 Å². The summed E-state index contributed by atoms with van der Waals surface area (Å²) in [4.78, 5) is 0. The molecule has 0 heterocycles. The van der Waals surface area contributed by atoms with E-state index in [-0.39, 0.29) is 10.8 Å². The summed E-state index contributed by atoms with van der Waals surface area (Å²) in [5.74, 6) is 1.30. The summed E-state index contributed by atoms with van der Waals surface area (Å²) in [6.07, 6.45) is 5.23. The van der Waals surface area contributed by atoms with E-state index in [4.69, 9.17) is 23.2 Å². The Kier molecular flexibility index (Phi) is 3.27. The lowest BCUT2D eigenvalue weighted by molar-refractivity contribution is 0.417. The molecular formula is C9H14Cl2. The highest BCUT2D eigenvalue weighted by molar-refractivity contribution is 6.31. The number of allylic oxidation sites excluding steroid dienone is 2. The molecule has 3 atom stereocenters. The third-order valence-electron chi connectivity index (χ3n) is 2.24. The van der Waals surface area contributed by atoms with Crippen molar-refractivity contribution in [3.8, 4) is 0 Å². The van der Waals surface area contributed by atoms with Gasteiger partial charge in [-0.1, -0.05) is 26.0 Å². The minimum atomic E-state index is 0.0340. The van der Waals surface area contributed by atoms with Crippen LogP contribution in [-0.2, 0) is 0 Å². The van der Waals surface area contributed by atoms with Gasteiger partial charge in [-0.2, -0.15) is 0 Å². The van der Waals surface area contributed by atoms with Gasteiger partial charge in [-0.25, -0.2) is 0 Å². The molecule has 0 aromatic carbocycles. The van der Waals surface area contributed by atoms with Gasteiger partial charge in [-0.05, 0) is 18.3 Å². The highest BCUT2D eigenvalue weighted by atomic mass is 35.5. The van der Waals surface area contributed by atoms with E-state index in [0.717, 1.165) is 6.42 Å². The maximum Gasteiger partial charge on any atom is 0.0680 e. The minimum Gasteiger partial charge on any atom is -0.121 e. The molecule has 0 radical (unpaired) electrons. The Hall–Kier alpha value is 0.320. The summed E-state index contributed by atoms with van der Waals surface area (Å²) < 4.78 is 0. The van der Waals surface area contributed by atoms with Crippen LogP contribution in [0.25, 0.3) is 0 Å². The van der Waals surface area contributed by atoms with E-state index in [1.54, 1.807) is 0 Å². The van der Waals surface area contributed by atoms with E-state index in [1.807, 2.05) is 6.08 Å². The molecule has 0 saturated heterocycles. The summed E-state index contributed by atoms with van der Waals surface area (Å²) in [6.45, 7) is 4.43. The van der Waals surface area contributed by atoms with Crippen molar-refractivity contribution in [3.05, 3.63) is 12.2 Å². The Bertz CT molecular complexity index is 152. The molecule has 1 aliphatic carbocycles. The van der Waals surface area contributed by atoms with Crippen LogP contribution in [0, 0.1) is 11.8 Å². The van der Waals surface area contributed by atoms with E-state index in [1.165, 1.54) is 0 Å². The largest absolute Gasteiger partial charge is 0.121 e. The predicted octanol–water partition coefficient (Wildman–Crippen LogP) is 3.43. The first-order chi connectivity index (χ1) is 5.11. The second kappa shape index (κ2) is 3.82. The molecule has 0 aliphatic heterocycles. The van der Waals surface area contributed by atoms with E-state index in [9.17, 15) is 0 Å². The Balaban J connectivity index is 2.56. The highest BCUT2D eigenvalue weighted by Gasteiger charge is 2.24. The average Bonchev–Trinajstić information content (AvgIpc) is 1.94. The fourth-order valence-corrected chi connectivity index (χ4v) is 1.81. The van der Waals surface area contributed by atoms with Crippen molar-refractivity contribution in [1.29, 1.82) is 0 Å². The molecule has 0 aromatic rings. The fraction of sp³-hybridized carbons (Fsp3) is 0.778. The molecule has 0 fully saturated rings. The topological polar surface area (TPSA) is 0 Å². The van der Waals surface area contributed by atoms with Crippen molar-refractivity contribution in [2.75, 3.05) is 0 Å². The normalized spacial score (nSPS) is 38.1. The van der Waals surface area contributed by atoms with Gasteiger partial charge in [0, 0.05) is 0 Å². The molecule has 11 heavy (non-hydrogen) atoms.